The SMILES string of the molecule is CCOC(=O)CC#Cc1ccc(C(=O)O)cc1Cl. The normalized spacial score (nSPS) is 9.22. The third kappa shape index (κ3) is 4.11. The highest BCUT2D eigenvalue weighted by Crippen LogP contribution is 2.17. The van der Waals surface area contributed by atoms with E-state index in [1.165, 1.54) is 18.2 Å². The second-order valence-electron chi connectivity index (χ2n) is 3.28. The molecule has 1 rings (SSSR count). The van der Waals surface area contributed by atoms with Crippen molar-refractivity contribution in [1.82, 2.24) is 0 Å². The van der Waals surface area contributed by atoms with E-state index in [0.29, 0.717) is 12.2 Å². The molecule has 5 heteroatoms. The monoisotopic (exact) mass is 266 g/mol. The Morgan fingerprint density at radius 2 is 2.17 bits per heavy atom. The summed E-state index contributed by atoms with van der Waals surface area (Å²) < 4.78 is 4.71. The summed E-state index contributed by atoms with van der Waals surface area (Å²) in [7, 11) is 0. The summed E-state index contributed by atoms with van der Waals surface area (Å²) in [6.07, 6.45) is -0.0230. The van der Waals surface area contributed by atoms with Gasteiger partial charge in [-0.1, -0.05) is 23.4 Å². The number of hydrogen-bond acceptors (Lipinski definition) is 3. The summed E-state index contributed by atoms with van der Waals surface area (Å²) in [6, 6.07) is 4.23. The van der Waals surface area contributed by atoms with Gasteiger partial charge in [-0.25, -0.2) is 4.79 Å². The van der Waals surface area contributed by atoms with Crippen LogP contribution in [-0.2, 0) is 9.53 Å². The summed E-state index contributed by atoms with van der Waals surface area (Å²) in [5, 5.41) is 8.99. The lowest BCUT2D eigenvalue weighted by atomic mass is 10.1. The zero-order valence-electron chi connectivity index (χ0n) is 9.70. The number of aromatic carboxylic acids is 1. The molecule has 1 N–H and O–H groups in total. The molecule has 0 atom stereocenters. The number of carbonyl (C=O) groups excluding carboxylic acids is 1. The Bertz CT molecular complexity index is 526. The Labute approximate surface area is 110 Å². The minimum absolute atomic E-state index is 0.0230. The van der Waals surface area contributed by atoms with Crippen LogP contribution >= 0.6 is 11.6 Å². The van der Waals surface area contributed by atoms with E-state index in [1.807, 2.05) is 0 Å². The first kappa shape index (κ1) is 14.1. The van der Waals surface area contributed by atoms with E-state index in [9.17, 15) is 9.59 Å². The van der Waals surface area contributed by atoms with Crippen LogP contribution in [0, 0.1) is 11.8 Å². The predicted octanol–water partition coefficient (Wildman–Crippen LogP) is 2.34. The van der Waals surface area contributed by atoms with Crippen molar-refractivity contribution in [3.63, 3.8) is 0 Å². The van der Waals surface area contributed by atoms with Crippen LogP contribution in [0.1, 0.15) is 29.3 Å². The van der Waals surface area contributed by atoms with Crippen molar-refractivity contribution in [3.05, 3.63) is 34.3 Å². The zero-order chi connectivity index (χ0) is 13.5. The largest absolute Gasteiger partial charge is 0.478 e. The first-order valence-electron chi connectivity index (χ1n) is 5.22. The summed E-state index contributed by atoms with van der Waals surface area (Å²) in [5.74, 6) is 3.86. The van der Waals surface area contributed by atoms with Gasteiger partial charge in [-0.2, -0.15) is 0 Å². The number of carboxylic acids is 1. The van der Waals surface area contributed by atoms with E-state index in [2.05, 4.69) is 11.8 Å². The van der Waals surface area contributed by atoms with Gasteiger partial charge in [0.1, 0.15) is 6.42 Å². The van der Waals surface area contributed by atoms with Gasteiger partial charge in [0, 0.05) is 5.56 Å². The van der Waals surface area contributed by atoms with E-state index in [-0.39, 0.29) is 17.0 Å². The maximum atomic E-state index is 11.0. The molecule has 0 radical (unpaired) electrons. The van der Waals surface area contributed by atoms with Crippen molar-refractivity contribution in [2.45, 2.75) is 13.3 Å². The molecular formula is C13H11ClO4. The number of carbonyl (C=O) groups is 2. The number of esters is 1. The maximum Gasteiger partial charge on any atom is 0.335 e. The zero-order valence-corrected chi connectivity index (χ0v) is 10.5. The predicted molar refractivity (Wildman–Crippen MR) is 66.5 cm³/mol. The topological polar surface area (TPSA) is 63.6 Å². The highest BCUT2D eigenvalue weighted by atomic mass is 35.5. The maximum absolute atomic E-state index is 11.0. The van der Waals surface area contributed by atoms with E-state index < -0.39 is 11.9 Å². The molecule has 0 aliphatic rings. The van der Waals surface area contributed by atoms with Gasteiger partial charge in [0.2, 0.25) is 0 Å². The molecular weight excluding hydrogens is 256 g/mol. The molecule has 0 saturated carbocycles. The van der Waals surface area contributed by atoms with Crippen LogP contribution < -0.4 is 0 Å². The molecule has 1 aromatic carbocycles. The van der Waals surface area contributed by atoms with Gasteiger partial charge in [-0.15, -0.1) is 0 Å². The third-order valence-corrected chi connectivity index (χ3v) is 2.29. The van der Waals surface area contributed by atoms with Crippen molar-refractivity contribution in [3.8, 4) is 11.8 Å². The van der Waals surface area contributed by atoms with Crippen LogP contribution in [0.25, 0.3) is 0 Å². The highest BCUT2D eigenvalue weighted by Gasteiger charge is 2.05. The van der Waals surface area contributed by atoms with E-state index in [4.69, 9.17) is 21.4 Å². The van der Waals surface area contributed by atoms with Crippen LogP contribution in [0.3, 0.4) is 0 Å². The Kier molecular flexibility index (Phi) is 5.22. The average Bonchev–Trinajstić information content (AvgIpc) is 2.31. The van der Waals surface area contributed by atoms with Gasteiger partial charge in [-0.05, 0) is 25.1 Å². The van der Waals surface area contributed by atoms with Crippen LogP contribution in [0.15, 0.2) is 18.2 Å². The lowest BCUT2D eigenvalue weighted by molar-refractivity contribution is -0.141. The lowest BCUT2D eigenvalue weighted by Crippen LogP contribution is -2.01. The molecule has 94 valence electrons. The molecule has 0 amide bonds. The fourth-order valence-electron chi connectivity index (χ4n) is 1.17. The molecule has 4 nitrogen and oxygen atoms in total. The van der Waals surface area contributed by atoms with E-state index in [1.54, 1.807) is 6.92 Å². The van der Waals surface area contributed by atoms with Crippen LogP contribution in [0.2, 0.25) is 5.02 Å². The summed E-state index contributed by atoms with van der Waals surface area (Å²) >= 11 is 5.87. The van der Waals surface area contributed by atoms with Gasteiger partial charge < -0.3 is 9.84 Å². The van der Waals surface area contributed by atoms with Crippen LogP contribution in [-0.4, -0.2) is 23.7 Å². The second kappa shape index (κ2) is 6.67. The fourth-order valence-corrected chi connectivity index (χ4v) is 1.40. The summed E-state index contributed by atoms with van der Waals surface area (Å²) in [6.45, 7) is 2.03. The molecule has 0 aromatic heterocycles. The van der Waals surface area contributed by atoms with Gasteiger partial charge in [-0.3, -0.25) is 4.79 Å². The molecule has 0 fully saturated rings. The number of hydrogen-bond donors (Lipinski definition) is 1. The molecule has 0 aliphatic carbocycles. The third-order valence-electron chi connectivity index (χ3n) is 1.98. The molecule has 0 spiro atoms. The van der Waals surface area contributed by atoms with Crippen LogP contribution in [0.5, 0.6) is 0 Å². The minimum atomic E-state index is -1.05. The minimum Gasteiger partial charge on any atom is -0.478 e. The number of rotatable bonds is 3. The molecule has 0 unspecified atom stereocenters. The average molecular weight is 267 g/mol. The lowest BCUT2D eigenvalue weighted by Gasteiger charge is -1.98. The first-order chi connectivity index (χ1) is 8.54. The highest BCUT2D eigenvalue weighted by molar-refractivity contribution is 6.32. The number of halogens is 1. The van der Waals surface area contributed by atoms with Crippen molar-refractivity contribution in [2.75, 3.05) is 6.61 Å². The molecule has 0 bridgehead atoms. The van der Waals surface area contributed by atoms with Crippen molar-refractivity contribution in [2.24, 2.45) is 0 Å². The number of benzene rings is 1. The van der Waals surface area contributed by atoms with Gasteiger partial charge in [0.05, 0.1) is 17.2 Å². The number of carboxylic acid groups (broad SMARTS) is 1. The van der Waals surface area contributed by atoms with Crippen molar-refractivity contribution >= 4 is 23.5 Å². The van der Waals surface area contributed by atoms with Gasteiger partial charge in [0.25, 0.3) is 0 Å². The fraction of sp³-hybridized carbons (Fsp3) is 0.231. The van der Waals surface area contributed by atoms with E-state index >= 15 is 0 Å². The smallest absolute Gasteiger partial charge is 0.335 e. The standard InChI is InChI=1S/C13H11ClO4/c1-2-18-12(15)5-3-4-9-6-7-10(13(16)17)8-11(9)14/h6-8H,2,5H2,1H3,(H,16,17). The molecule has 1 aromatic rings. The molecule has 18 heavy (non-hydrogen) atoms. The van der Waals surface area contributed by atoms with E-state index in [0.717, 1.165) is 0 Å². The first-order valence-corrected chi connectivity index (χ1v) is 5.59. The Morgan fingerprint density at radius 1 is 1.44 bits per heavy atom. The summed E-state index contributed by atoms with van der Waals surface area (Å²) in [5.41, 5.74) is 0.571. The van der Waals surface area contributed by atoms with Crippen molar-refractivity contribution in [1.29, 1.82) is 0 Å². The van der Waals surface area contributed by atoms with Crippen LogP contribution in [0.4, 0.5) is 0 Å². The Morgan fingerprint density at radius 3 is 2.72 bits per heavy atom. The van der Waals surface area contributed by atoms with Gasteiger partial charge >= 0.3 is 11.9 Å². The Balaban J connectivity index is 2.77. The Hall–Kier alpha value is -1.99. The second-order valence-corrected chi connectivity index (χ2v) is 3.69. The number of ether oxygens (including phenoxy) is 1. The summed E-state index contributed by atoms with van der Waals surface area (Å²) in [4.78, 5) is 21.7. The quantitative estimate of drug-likeness (QED) is 0.674. The molecule has 0 heterocycles. The molecule has 0 aliphatic heterocycles. The molecule has 0 saturated heterocycles. The van der Waals surface area contributed by atoms with Crippen molar-refractivity contribution < 1.29 is 19.4 Å². The van der Waals surface area contributed by atoms with Gasteiger partial charge in [0.15, 0.2) is 0 Å².